The summed E-state index contributed by atoms with van der Waals surface area (Å²) in [7, 11) is -1.45. The Hall–Kier alpha value is -2.17. The van der Waals surface area contributed by atoms with Gasteiger partial charge in [-0.1, -0.05) is 17.8 Å². The van der Waals surface area contributed by atoms with E-state index in [2.05, 4.69) is 21.0 Å². The fourth-order valence-electron chi connectivity index (χ4n) is 2.53. The van der Waals surface area contributed by atoms with Crippen LogP contribution in [0.3, 0.4) is 0 Å². The second kappa shape index (κ2) is 8.46. The number of aromatic nitrogens is 3. The predicted octanol–water partition coefficient (Wildman–Crippen LogP) is 3.20. The zero-order valence-corrected chi connectivity index (χ0v) is 18.1. The molecule has 1 unspecified atom stereocenters. The van der Waals surface area contributed by atoms with Gasteiger partial charge in [0.15, 0.2) is 10.9 Å². The van der Waals surface area contributed by atoms with Crippen molar-refractivity contribution in [2.75, 3.05) is 11.0 Å². The number of anilines is 1. The number of sulfonamides is 1. The molecule has 1 aromatic carbocycles. The van der Waals surface area contributed by atoms with E-state index in [9.17, 15) is 13.2 Å². The minimum absolute atomic E-state index is 0.0567. The number of hydrogen-bond acceptors (Lipinski definition) is 7. The molecule has 1 atom stereocenters. The second-order valence-electron chi connectivity index (χ2n) is 6.29. The highest BCUT2D eigenvalue weighted by Gasteiger charge is 2.20. The van der Waals surface area contributed by atoms with Crippen LogP contribution in [-0.4, -0.2) is 40.5 Å². The Morgan fingerprint density at radius 1 is 1.25 bits per heavy atom. The molecular weight excluding hydrogens is 416 g/mol. The lowest BCUT2D eigenvalue weighted by molar-refractivity contribution is 0.0994. The zero-order chi connectivity index (χ0) is 20.3. The minimum Gasteiger partial charge on any atom is -0.309 e. The average molecular weight is 437 g/mol. The van der Waals surface area contributed by atoms with Crippen LogP contribution in [0.25, 0.3) is 0 Å². The smallest absolute Gasteiger partial charge is 0.229 e. The van der Waals surface area contributed by atoms with Crippen molar-refractivity contribution in [3.63, 3.8) is 0 Å². The molecule has 3 aromatic rings. The standard InChI is InChI=1S/C18H20N4O3S3/c1-12(17(23)13-6-8-14(9-7-13)21-28(3,24)25)27-18-20-19-16(22(18)2)11-15-5-4-10-26-15/h4-10,12,21H,11H2,1-3H3. The van der Waals surface area contributed by atoms with Crippen molar-refractivity contribution in [2.45, 2.75) is 23.8 Å². The lowest BCUT2D eigenvalue weighted by Crippen LogP contribution is -2.15. The summed E-state index contributed by atoms with van der Waals surface area (Å²) in [4.78, 5) is 13.9. The van der Waals surface area contributed by atoms with Gasteiger partial charge in [-0.15, -0.1) is 21.5 Å². The quantitative estimate of drug-likeness (QED) is 0.430. The number of carbonyl (C=O) groups is 1. The van der Waals surface area contributed by atoms with E-state index in [1.54, 1.807) is 35.6 Å². The van der Waals surface area contributed by atoms with Crippen LogP contribution in [0.1, 0.15) is 28.0 Å². The van der Waals surface area contributed by atoms with Gasteiger partial charge in [-0.2, -0.15) is 0 Å². The molecule has 2 heterocycles. The summed E-state index contributed by atoms with van der Waals surface area (Å²) in [6, 6.07) is 10.4. The highest BCUT2D eigenvalue weighted by molar-refractivity contribution is 8.00. The number of rotatable bonds is 8. The molecule has 0 radical (unpaired) electrons. The normalized spacial score (nSPS) is 12.7. The van der Waals surface area contributed by atoms with E-state index in [1.807, 2.05) is 30.0 Å². The maximum atomic E-state index is 12.7. The Morgan fingerprint density at radius 2 is 1.96 bits per heavy atom. The maximum absolute atomic E-state index is 12.7. The third-order valence-electron chi connectivity index (χ3n) is 3.96. The summed E-state index contributed by atoms with van der Waals surface area (Å²) < 4.78 is 26.8. The average Bonchev–Trinajstić information content (AvgIpc) is 3.26. The molecule has 0 aliphatic rings. The number of nitrogens with zero attached hydrogens (tertiary/aromatic N) is 3. The van der Waals surface area contributed by atoms with Crippen LogP contribution in [0.5, 0.6) is 0 Å². The third-order valence-corrected chi connectivity index (χ3v) is 6.58. The number of Topliss-reactive ketones (excluding diaryl/α,β-unsaturated/α-hetero) is 1. The first-order chi connectivity index (χ1) is 13.2. The molecule has 10 heteroatoms. The number of thiophene rings is 1. The van der Waals surface area contributed by atoms with Crippen LogP contribution < -0.4 is 4.72 Å². The molecule has 7 nitrogen and oxygen atoms in total. The molecule has 0 saturated carbocycles. The molecule has 3 rings (SSSR count). The van der Waals surface area contributed by atoms with Gasteiger partial charge < -0.3 is 4.57 Å². The van der Waals surface area contributed by atoms with E-state index in [0.717, 1.165) is 12.1 Å². The number of benzene rings is 1. The highest BCUT2D eigenvalue weighted by Crippen LogP contribution is 2.26. The van der Waals surface area contributed by atoms with Crippen LogP contribution >= 0.6 is 23.1 Å². The Labute approximate surface area is 172 Å². The van der Waals surface area contributed by atoms with E-state index in [1.165, 1.54) is 16.6 Å². The van der Waals surface area contributed by atoms with Crippen molar-refractivity contribution >= 4 is 44.6 Å². The molecule has 0 fully saturated rings. The minimum atomic E-state index is -3.34. The van der Waals surface area contributed by atoms with Crippen molar-refractivity contribution < 1.29 is 13.2 Å². The molecule has 0 amide bonds. The first-order valence-electron chi connectivity index (χ1n) is 8.42. The lowest BCUT2D eigenvalue weighted by Gasteiger charge is -2.11. The van der Waals surface area contributed by atoms with E-state index in [4.69, 9.17) is 0 Å². The molecular formula is C18H20N4O3S3. The van der Waals surface area contributed by atoms with Crippen LogP contribution in [0.2, 0.25) is 0 Å². The van der Waals surface area contributed by atoms with Crippen molar-refractivity contribution in [2.24, 2.45) is 7.05 Å². The van der Waals surface area contributed by atoms with Crippen LogP contribution in [0.15, 0.2) is 46.9 Å². The van der Waals surface area contributed by atoms with Crippen molar-refractivity contribution in [3.05, 3.63) is 58.0 Å². The van der Waals surface area contributed by atoms with Gasteiger partial charge in [0.25, 0.3) is 0 Å². The van der Waals surface area contributed by atoms with Gasteiger partial charge in [0, 0.05) is 29.6 Å². The van der Waals surface area contributed by atoms with Gasteiger partial charge in [0.2, 0.25) is 10.0 Å². The molecule has 0 spiro atoms. The van der Waals surface area contributed by atoms with Gasteiger partial charge in [0.1, 0.15) is 5.82 Å². The van der Waals surface area contributed by atoms with Gasteiger partial charge in [-0.3, -0.25) is 9.52 Å². The molecule has 0 saturated heterocycles. The summed E-state index contributed by atoms with van der Waals surface area (Å²) in [5.74, 6) is 0.791. The lowest BCUT2D eigenvalue weighted by atomic mass is 10.1. The van der Waals surface area contributed by atoms with E-state index < -0.39 is 10.0 Å². The molecule has 28 heavy (non-hydrogen) atoms. The first-order valence-corrected chi connectivity index (χ1v) is 12.1. The van der Waals surface area contributed by atoms with Crippen LogP contribution in [0.4, 0.5) is 5.69 Å². The van der Waals surface area contributed by atoms with Gasteiger partial charge in [0.05, 0.1) is 11.5 Å². The number of ketones is 1. The first kappa shape index (κ1) is 20.6. The highest BCUT2D eigenvalue weighted by atomic mass is 32.2. The number of hydrogen-bond donors (Lipinski definition) is 1. The van der Waals surface area contributed by atoms with Crippen molar-refractivity contribution in [1.82, 2.24) is 14.8 Å². The Bertz CT molecular complexity index is 1060. The second-order valence-corrected chi connectivity index (χ2v) is 10.4. The fraction of sp³-hybridized carbons (Fsp3) is 0.278. The molecule has 0 aliphatic heterocycles. The third kappa shape index (κ3) is 5.21. The van der Waals surface area contributed by atoms with E-state index in [-0.39, 0.29) is 11.0 Å². The van der Waals surface area contributed by atoms with Crippen molar-refractivity contribution in [3.8, 4) is 0 Å². The molecule has 0 aliphatic carbocycles. The Kier molecular flexibility index (Phi) is 6.21. The maximum Gasteiger partial charge on any atom is 0.229 e. The van der Waals surface area contributed by atoms with Gasteiger partial charge >= 0.3 is 0 Å². The number of nitrogens with one attached hydrogen (secondary N) is 1. The zero-order valence-electron chi connectivity index (χ0n) is 15.6. The SMILES string of the molecule is CC(Sc1nnc(Cc2cccs2)n1C)C(=O)c1ccc(NS(C)(=O)=O)cc1. The molecule has 0 bridgehead atoms. The fourth-order valence-corrected chi connectivity index (χ4v) is 4.71. The van der Waals surface area contributed by atoms with E-state index in [0.29, 0.717) is 22.8 Å². The largest absolute Gasteiger partial charge is 0.309 e. The van der Waals surface area contributed by atoms with Crippen LogP contribution in [0, 0.1) is 0 Å². The number of carbonyl (C=O) groups excluding carboxylic acids is 1. The summed E-state index contributed by atoms with van der Waals surface area (Å²) in [5.41, 5.74) is 0.936. The Balaban J connectivity index is 1.66. The monoisotopic (exact) mass is 436 g/mol. The summed E-state index contributed by atoms with van der Waals surface area (Å²) in [6.07, 6.45) is 1.79. The topological polar surface area (TPSA) is 93.9 Å². The van der Waals surface area contributed by atoms with E-state index >= 15 is 0 Å². The molecule has 2 aromatic heterocycles. The van der Waals surface area contributed by atoms with Crippen LogP contribution in [-0.2, 0) is 23.5 Å². The molecule has 148 valence electrons. The van der Waals surface area contributed by atoms with Gasteiger partial charge in [-0.25, -0.2) is 8.42 Å². The van der Waals surface area contributed by atoms with Crippen molar-refractivity contribution in [1.29, 1.82) is 0 Å². The summed E-state index contributed by atoms with van der Waals surface area (Å²) in [5, 5.41) is 10.8. The number of thioether (sulfide) groups is 1. The molecule has 1 N–H and O–H groups in total. The predicted molar refractivity (Wildman–Crippen MR) is 113 cm³/mol. The summed E-state index contributed by atoms with van der Waals surface area (Å²) in [6.45, 7) is 1.82. The summed E-state index contributed by atoms with van der Waals surface area (Å²) >= 11 is 3.02. The Morgan fingerprint density at radius 3 is 2.57 bits per heavy atom. The van der Waals surface area contributed by atoms with Gasteiger partial charge in [-0.05, 0) is 42.6 Å².